The third-order valence-corrected chi connectivity index (χ3v) is 3.38. The normalized spacial score (nSPS) is 10.3. The monoisotopic (exact) mass is 326 g/mol. The first kappa shape index (κ1) is 15.6. The molecule has 0 atom stereocenters. The molecule has 0 spiro atoms. The molecule has 21 heavy (non-hydrogen) atoms. The van der Waals surface area contributed by atoms with Crippen LogP contribution in [0.15, 0.2) is 18.2 Å². The first-order chi connectivity index (χ1) is 10.0. The molecule has 112 valence electrons. The first-order valence-electron chi connectivity index (χ1n) is 6.39. The van der Waals surface area contributed by atoms with Crippen LogP contribution in [0.25, 0.3) is 0 Å². The number of halogens is 2. The van der Waals surface area contributed by atoms with E-state index in [0.717, 1.165) is 0 Å². The van der Waals surface area contributed by atoms with Crippen molar-refractivity contribution in [3.63, 3.8) is 0 Å². The number of nitrogens with one attached hydrogen (secondary N) is 2. The van der Waals surface area contributed by atoms with Crippen LogP contribution in [0.3, 0.4) is 0 Å². The van der Waals surface area contributed by atoms with Gasteiger partial charge in [-0.2, -0.15) is 15.0 Å². The van der Waals surface area contributed by atoms with E-state index in [1.165, 1.54) is 0 Å². The second-order valence-corrected chi connectivity index (χ2v) is 5.22. The van der Waals surface area contributed by atoms with Gasteiger partial charge < -0.3 is 15.5 Å². The van der Waals surface area contributed by atoms with Crippen LogP contribution in [-0.2, 0) is 0 Å². The van der Waals surface area contributed by atoms with Gasteiger partial charge in [0.15, 0.2) is 0 Å². The quantitative estimate of drug-likeness (QED) is 0.877. The van der Waals surface area contributed by atoms with Crippen LogP contribution in [0.4, 0.5) is 23.5 Å². The Bertz CT molecular complexity index is 632. The highest BCUT2D eigenvalue weighted by molar-refractivity contribution is 6.43. The van der Waals surface area contributed by atoms with E-state index in [2.05, 4.69) is 25.6 Å². The topological polar surface area (TPSA) is 66.0 Å². The smallest absolute Gasteiger partial charge is 0.233 e. The lowest BCUT2D eigenvalue weighted by molar-refractivity contribution is 0.953. The van der Waals surface area contributed by atoms with E-state index >= 15 is 0 Å². The highest BCUT2D eigenvalue weighted by Crippen LogP contribution is 2.31. The van der Waals surface area contributed by atoms with E-state index < -0.39 is 0 Å². The fraction of sp³-hybridized carbons (Fsp3) is 0.308. The average Bonchev–Trinajstić information content (AvgIpc) is 2.44. The number of rotatable bonds is 5. The summed E-state index contributed by atoms with van der Waals surface area (Å²) in [6.45, 7) is 2.69. The Morgan fingerprint density at radius 1 is 1.10 bits per heavy atom. The van der Waals surface area contributed by atoms with Crippen LogP contribution in [0.1, 0.15) is 6.92 Å². The molecule has 1 aromatic heterocycles. The molecule has 0 fully saturated rings. The van der Waals surface area contributed by atoms with Gasteiger partial charge in [-0.05, 0) is 19.1 Å². The SMILES string of the molecule is CCNc1nc(Nc2cccc(Cl)c2Cl)nc(N(C)C)n1. The predicted octanol–water partition coefficient (Wildman–Crippen LogP) is 3.42. The molecular weight excluding hydrogens is 311 g/mol. The number of aromatic nitrogens is 3. The minimum absolute atomic E-state index is 0.397. The molecule has 0 aliphatic rings. The van der Waals surface area contributed by atoms with Gasteiger partial charge in [-0.3, -0.25) is 0 Å². The van der Waals surface area contributed by atoms with Gasteiger partial charge in [0.2, 0.25) is 17.8 Å². The number of hydrogen-bond acceptors (Lipinski definition) is 6. The van der Waals surface area contributed by atoms with E-state index in [9.17, 15) is 0 Å². The Balaban J connectivity index is 2.36. The molecule has 0 unspecified atom stereocenters. The van der Waals surface area contributed by atoms with Crippen LogP contribution in [-0.4, -0.2) is 35.6 Å². The molecule has 2 aromatic rings. The first-order valence-corrected chi connectivity index (χ1v) is 7.15. The average molecular weight is 327 g/mol. The Kier molecular flexibility index (Phi) is 5.03. The molecule has 6 nitrogen and oxygen atoms in total. The van der Waals surface area contributed by atoms with Crippen LogP contribution in [0.5, 0.6) is 0 Å². The summed E-state index contributed by atoms with van der Waals surface area (Å²) in [4.78, 5) is 14.7. The zero-order valence-corrected chi connectivity index (χ0v) is 13.5. The summed E-state index contributed by atoms with van der Waals surface area (Å²) in [5.41, 5.74) is 0.641. The van der Waals surface area contributed by atoms with Crippen molar-refractivity contribution in [1.29, 1.82) is 0 Å². The number of anilines is 4. The maximum absolute atomic E-state index is 6.15. The van der Waals surface area contributed by atoms with Crippen molar-refractivity contribution >= 4 is 46.7 Å². The molecule has 0 aliphatic carbocycles. The van der Waals surface area contributed by atoms with Crippen molar-refractivity contribution in [3.05, 3.63) is 28.2 Å². The fourth-order valence-corrected chi connectivity index (χ4v) is 1.93. The minimum atomic E-state index is 0.397. The zero-order valence-electron chi connectivity index (χ0n) is 12.0. The summed E-state index contributed by atoms with van der Waals surface area (Å²) in [5, 5.41) is 7.02. The molecule has 0 aliphatic heterocycles. The lowest BCUT2D eigenvalue weighted by Gasteiger charge is -2.14. The largest absolute Gasteiger partial charge is 0.354 e. The van der Waals surface area contributed by atoms with Gasteiger partial charge in [0.05, 0.1) is 15.7 Å². The molecule has 8 heteroatoms. The molecule has 2 N–H and O–H groups in total. The summed E-state index contributed by atoms with van der Waals surface area (Å²) in [6, 6.07) is 5.33. The van der Waals surface area contributed by atoms with Gasteiger partial charge in [-0.1, -0.05) is 29.3 Å². The van der Waals surface area contributed by atoms with Crippen molar-refractivity contribution in [2.24, 2.45) is 0 Å². The molecular formula is C13H16Cl2N6. The van der Waals surface area contributed by atoms with Gasteiger partial charge >= 0.3 is 0 Å². The maximum atomic E-state index is 6.15. The molecule has 0 bridgehead atoms. The van der Waals surface area contributed by atoms with Crippen molar-refractivity contribution in [2.45, 2.75) is 6.92 Å². The Hall–Kier alpha value is -1.79. The van der Waals surface area contributed by atoms with Crippen molar-refractivity contribution in [3.8, 4) is 0 Å². The highest BCUT2D eigenvalue weighted by atomic mass is 35.5. The Morgan fingerprint density at radius 3 is 2.48 bits per heavy atom. The lowest BCUT2D eigenvalue weighted by Crippen LogP contribution is -2.16. The van der Waals surface area contributed by atoms with Crippen LogP contribution >= 0.6 is 23.2 Å². The summed E-state index contributed by atoms with van der Waals surface area (Å²) < 4.78 is 0. The second kappa shape index (κ2) is 6.78. The summed E-state index contributed by atoms with van der Waals surface area (Å²) >= 11 is 12.2. The molecule has 0 saturated heterocycles. The van der Waals surface area contributed by atoms with E-state index in [1.807, 2.05) is 21.0 Å². The Labute approximate surface area is 133 Å². The third kappa shape index (κ3) is 3.86. The van der Waals surface area contributed by atoms with Crippen LogP contribution in [0, 0.1) is 0 Å². The zero-order chi connectivity index (χ0) is 15.4. The van der Waals surface area contributed by atoms with E-state index in [4.69, 9.17) is 23.2 Å². The van der Waals surface area contributed by atoms with E-state index in [1.54, 1.807) is 23.1 Å². The number of hydrogen-bond donors (Lipinski definition) is 2. The molecule has 0 amide bonds. The standard InChI is InChI=1S/C13H16Cl2N6/c1-4-16-11-18-12(20-13(19-11)21(2)3)17-9-7-5-6-8(14)10(9)15/h5-7H,4H2,1-3H3,(H2,16,17,18,19,20). The molecule has 0 radical (unpaired) electrons. The van der Waals surface area contributed by atoms with E-state index in [-0.39, 0.29) is 0 Å². The van der Waals surface area contributed by atoms with Crippen LogP contribution in [0.2, 0.25) is 10.0 Å². The third-order valence-electron chi connectivity index (χ3n) is 2.56. The van der Waals surface area contributed by atoms with Crippen molar-refractivity contribution < 1.29 is 0 Å². The molecule has 0 saturated carbocycles. The molecule has 1 aromatic carbocycles. The molecule has 2 rings (SSSR count). The lowest BCUT2D eigenvalue weighted by atomic mass is 10.3. The Morgan fingerprint density at radius 2 is 1.81 bits per heavy atom. The minimum Gasteiger partial charge on any atom is -0.354 e. The summed E-state index contributed by atoms with van der Waals surface area (Å²) in [6.07, 6.45) is 0. The summed E-state index contributed by atoms with van der Waals surface area (Å²) in [5.74, 6) is 1.44. The van der Waals surface area contributed by atoms with Crippen molar-refractivity contribution in [2.75, 3.05) is 36.2 Å². The van der Waals surface area contributed by atoms with Crippen LogP contribution < -0.4 is 15.5 Å². The van der Waals surface area contributed by atoms with Gasteiger partial charge in [-0.25, -0.2) is 0 Å². The summed E-state index contributed by atoms with van der Waals surface area (Å²) in [7, 11) is 3.72. The number of nitrogens with zero attached hydrogens (tertiary/aromatic N) is 4. The number of benzene rings is 1. The predicted molar refractivity (Wildman–Crippen MR) is 88.1 cm³/mol. The van der Waals surface area contributed by atoms with Crippen molar-refractivity contribution in [1.82, 2.24) is 15.0 Å². The maximum Gasteiger partial charge on any atom is 0.233 e. The molecule has 1 heterocycles. The fourth-order valence-electron chi connectivity index (χ4n) is 1.58. The second-order valence-electron chi connectivity index (χ2n) is 4.43. The van der Waals surface area contributed by atoms with E-state index in [0.29, 0.717) is 40.1 Å². The van der Waals surface area contributed by atoms with Gasteiger partial charge in [0.25, 0.3) is 0 Å². The van der Waals surface area contributed by atoms with Gasteiger partial charge in [0.1, 0.15) is 0 Å². The highest BCUT2D eigenvalue weighted by Gasteiger charge is 2.10. The van der Waals surface area contributed by atoms with Gasteiger partial charge in [0, 0.05) is 20.6 Å². The van der Waals surface area contributed by atoms with Gasteiger partial charge in [-0.15, -0.1) is 0 Å².